The Morgan fingerprint density at radius 2 is 0.733 bits per heavy atom. The fraction of sp³-hybridized carbons (Fsp3) is 0.379. The summed E-state index contributed by atoms with van der Waals surface area (Å²) in [7, 11) is 0. The SMILES string of the molecule is CC.CC.CCCc1ccccc1.CCCc1ccccc1.Cc1ccccc1.N. The van der Waals surface area contributed by atoms with Gasteiger partial charge in [0.05, 0.1) is 0 Å². The number of rotatable bonds is 4. The highest BCUT2D eigenvalue weighted by molar-refractivity contribution is 5.15. The molecule has 3 N–H and O–H groups in total. The Morgan fingerprint density at radius 3 is 0.933 bits per heavy atom. The molecule has 0 heterocycles. The Morgan fingerprint density at radius 1 is 0.467 bits per heavy atom. The molecule has 168 valence electrons. The third kappa shape index (κ3) is 20.4. The lowest BCUT2D eigenvalue weighted by atomic mass is 10.1. The molecular weight excluding hydrogens is 362 g/mol. The first-order valence-corrected chi connectivity index (χ1v) is 11.4. The van der Waals surface area contributed by atoms with E-state index in [4.69, 9.17) is 0 Å². The largest absolute Gasteiger partial charge is 0.344 e. The molecule has 0 spiro atoms. The van der Waals surface area contributed by atoms with E-state index in [2.05, 4.69) is 93.6 Å². The van der Waals surface area contributed by atoms with E-state index < -0.39 is 0 Å². The van der Waals surface area contributed by atoms with Crippen LogP contribution in [-0.2, 0) is 12.8 Å². The van der Waals surface area contributed by atoms with Gasteiger partial charge in [0.1, 0.15) is 0 Å². The summed E-state index contributed by atoms with van der Waals surface area (Å²) in [6, 6.07) is 31.4. The van der Waals surface area contributed by atoms with Gasteiger partial charge in [-0.15, -0.1) is 0 Å². The molecule has 0 unspecified atom stereocenters. The van der Waals surface area contributed by atoms with Gasteiger partial charge in [0.2, 0.25) is 0 Å². The quantitative estimate of drug-likeness (QED) is 0.457. The predicted octanol–water partition coefficient (Wildman–Crippen LogP) is 9.49. The summed E-state index contributed by atoms with van der Waals surface area (Å²) in [5.74, 6) is 0. The van der Waals surface area contributed by atoms with Gasteiger partial charge in [0, 0.05) is 0 Å². The molecule has 0 aliphatic heterocycles. The standard InChI is InChI=1S/2C9H12.C7H8.2C2H6.H3N/c2*1-2-6-9-7-4-3-5-8-9;1-7-5-3-2-4-6-7;2*1-2;/h2*3-5,7-8H,2,6H2,1H3;2-6H,1H3;2*1-2H3;1H3. The fourth-order valence-electron chi connectivity index (χ4n) is 2.40. The number of hydrogen-bond acceptors (Lipinski definition) is 1. The Balaban J connectivity index is -0.000000333. The second-order valence-electron chi connectivity index (χ2n) is 6.13. The van der Waals surface area contributed by atoms with E-state index in [1.807, 2.05) is 45.9 Å². The van der Waals surface area contributed by atoms with Gasteiger partial charge in [0.15, 0.2) is 0 Å². The number of benzene rings is 3. The molecule has 0 aliphatic rings. The minimum Gasteiger partial charge on any atom is -0.344 e. The van der Waals surface area contributed by atoms with Crippen LogP contribution in [0.3, 0.4) is 0 Å². The second-order valence-corrected chi connectivity index (χ2v) is 6.13. The van der Waals surface area contributed by atoms with Gasteiger partial charge in [-0.2, -0.15) is 0 Å². The maximum atomic E-state index is 2.20. The third-order valence-corrected chi connectivity index (χ3v) is 3.70. The van der Waals surface area contributed by atoms with Crippen molar-refractivity contribution in [2.45, 2.75) is 74.1 Å². The average molecular weight is 410 g/mol. The highest BCUT2D eigenvalue weighted by atomic mass is 14.0. The lowest BCUT2D eigenvalue weighted by Crippen LogP contribution is -1.78. The average Bonchev–Trinajstić information content (AvgIpc) is 2.80. The molecule has 1 nitrogen and oxygen atoms in total. The molecule has 0 radical (unpaired) electrons. The molecule has 3 aromatic rings. The molecule has 0 aliphatic carbocycles. The maximum absolute atomic E-state index is 2.20. The van der Waals surface area contributed by atoms with Crippen LogP contribution in [0.4, 0.5) is 0 Å². The van der Waals surface area contributed by atoms with E-state index in [0.717, 1.165) is 0 Å². The van der Waals surface area contributed by atoms with Crippen molar-refractivity contribution in [1.82, 2.24) is 6.15 Å². The van der Waals surface area contributed by atoms with Crippen molar-refractivity contribution in [3.63, 3.8) is 0 Å². The van der Waals surface area contributed by atoms with Gasteiger partial charge >= 0.3 is 0 Å². The molecule has 0 atom stereocenters. The van der Waals surface area contributed by atoms with Gasteiger partial charge < -0.3 is 6.15 Å². The van der Waals surface area contributed by atoms with Crippen LogP contribution in [0.25, 0.3) is 0 Å². The van der Waals surface area contributed by atoms with Crippen molar-refractivity contribution in [3.8, 4) is 0 Å². The summed E-state index contributed by atoms with van der Waals surface area (Å²) in [6.45, 7) is 14.5. The second kappa shape index (κ2) is 26.6. The van der Waals surface area contributed by atoms with E-state index in [9.17, 15) is 0 Å². The van der Waals surface area contributed by atoms with E-state index in [1.165, 1.54) is 42.4 Å². The van der Waals surface area contributed by atoms with Crippen molar-refractivity contribution >= 4 is 0 Å². The molecule has 0 bridgehead atoms. The molecule has 0 saturated carbocycles. The van der Waals surface area contributed by atoms with Crippen LogP contribution in [-0.4, -0.2) is 0 Å². The van der Waals surface area contributed by atoms with Crippen molar-refractivity contribution in [2.24, 2.45) is 0 Å². The molecule has 3 rings (SSSR count). The smallest absolute Gasteiger partial charge is 0.0281 e. The zero-order chi connectivity index (χ0) is 22.2. The zero-order valence-electron chi connectivity index (χ0n) is 20.7. The van der Waals surface area contributed by atoms with Crippen LogP contribution in [0.5, 0.6) is 0 Å². The Labute approximate surface area is 188 Å². The molecule has 0 saturated heterocycles. The van der Waals surface area contributed by atoms with Crippen LogP contribution in [0.2, 0.25) is 0 Å². The maximum Gasteiger partial charge on any atom is -0.0281 e. The van der Waals surface area contributed by atoms with Gasteiger partial charge in [-0.25, -0.2) is 0 Å². The predicted molar refractivity (Wildman–Crippen MR) is 140 cm³/mol. The van der Waals surface area contributed by atoms with Crippen LogP contribution in [0, 0.1) is 6.92 Å². The van der Waals surface area contributed by atoms with E-state index in [-0.39, 0.29) is 6.15 Å². The van der Waals surface area contributed by atoms with Gasteiger partial charge in [0.25, 0.3) is 0 Å². The molecule has 3 aromatic carbocycles. The fourth-order valence-corrected chi connectivity index (χ4v) is 2.40. The lowest BCUT2D eigenvalue weighted by Gasteiger charge is -1.93. The monoisotopic (exact) mass is 409 g/mol. The summed E-state index contributed by atoms with van der Waals surface area (Å²) in [5.41, 5.74) is 4.21. The molecule has 30 heavy (non-hydrogen) atoms. The van der Waals surface area contributed by atoms with Gasteiger partial charge in [-0.05, 0) is 30.9 Å². The Hall–Kier alpha value is -2.38. The van der Waals surface area contributed by atoms with E-state index in [0.29, 0.717) is 0 Å². The Bertz CT molecular complexity index is 591. The van der Waals surface area contributed by atoms with Crippen molar-refractivity contribution < 1.29 is 0 Å². The summed E-state index contributed by atoms with van der Waals surface area (Å²) in [4.78, 5) is 0. The summed E-state index contributed by atoms with van der Waals surface area (Å²) in [5, 5.41) is 0. The molecule has 0 amide bonds. The van der Waals surface area contributed by atoms with Crippen molar-refractivity contribution in [1.29, 1.82) is 0 Å². The normalized spacial score (nSPS) is 8.10. The van der Waals surface area contributed by atoms with Crippen LogP contribution in [0.1, 0.15) is 71.1 Å². The summed E-state index contributed by atoms with van der Waals surface area (Å²) in [6.07, 6.45) is 4.90. The molecule has 1 heteroatoms. The number of hydrogen-bond donors (Lipinski definition) is 1. The van der Waals surface area contributed by atoms with E-state index >= 15 is 0 Å². The minimum absolute atomic E-state index is 0. The van der Waals surface area contributed by atoms with Gasteiger partial charge in [-0.3, -0.25) is 0 Å². The molecule has 0 fully saturated rings. The Kier molecular flexibility index (Phi) is 28.7. The van der Waals surface area contributed by atoms with Gasteiger partial charge in [-0.1, -0.05) is 151 Å². The molecule has 0 aromatic heterocycles. The summed E-state index contributed by atoms with van der Waals surface area (Å²) >= 11 is 0. The minimum atomic E-state index is 0. The first kappa shape index (κ1) is 32.3. The van der Waals surface area contributed by atoms with Crippen molar-refractivity contribution in [2.75, 3.05) is 0 Å². The zero-order valence-corrected chi connectivity index (χ0v) is 20.7. The lowest BCUT2D eigenvalue weighted by molar-refractivity contribution is 0.922. The van der Waals surface area contributed by atoms with E-state index in [1.54, 1.807) is 0 Å². The highest BCUT2D eigenvalue weighted by Crippen LogP contribution is 2.01. The number of aryl methyl sites for hydroxylation is 3. The first-order valence-electron chi connectivity index (χ1n) is 11.4. The summed E-state index contributed by atoms with van der Waals surface area (Å²) < 4.78 is 0. The molecular formula is C29H47N. The third-order valence-electron chi connectivity index (χ3n) is 3.70. The van der Waals surface area contributed by atoms with Crippen LogP contribution >= 0.6 is 0 Å². The van der Waals surface area contributed by atoms with Crippen LogP contribution in [0.15, 0.2) is 91.0 Å². The first-order chi connectivity index (χ1) is 14.3. The van der Waals surface area contributed by atoms with Crippen molar-refractivity contribution in [3.05, 3.63) is 108 Å². The highest BCUT2D eigenvalue weighted by Gasteiger charge is 1.85. The topological polar surface area (TPSA) is 35.0 Å². The van der Waals surface area contributed by atoms with Crippen LogP contribution < -0.4 is 6.15 Å².